The first-order valence-electron chi connectivity index (χ1n) is 12.0. The third-order valence-corrected chi connectivity index (χ3v) is 7.84. The lowest BCUT2D eigenvalue weighted by Gasteiger charge is -2.13. The fourth-order valence-corrected chi connectivity index (χ4v) is 6.07. The average Bonchev–Trinajstić information content (AvgIpc) is 3.49. The van der Waals surface area contributed by atoms with E-state index >= 15 is 0 Å². The summed E-state index contributed by atoms with van der Waals surface area (Å²) in [6.45, 7) is 0.127. The van der Waals surface area contributed by atoms with Gasteiger partial charge < -0.3 is 20.3 Å². The molecular formula is C27H23ClFN5O3S. The second-order valence-electron chi connectivity index (χ2n) is 9.05. The SMILES string of the molecule is OC[C@H](O)Cn1cc2c(n1)CCc1c-2sc2ncnc(Nc3ccc(OCc4cccc(F)c4)c(Cl)c3)c12. The summed E-state index contributed by atoms with van der Waals surface area (Å²) in [5, 5.41) is 28.4. The predicted octanol–water partition coefficient (Wildman–Crippen LogP) is 5.12. The van der Waals surface area contributed by atoms with Crippen LogP contribution in [-0.4, -0.2) is 42.7 Å². The van der Waals surface area contributed by atoms with E-state index in [1.165, 1.54) is 18.5 Å². The number of fused-ring (bicyclic) bond motifs is 5. The normalized spacial score (nSPS) is 13.3. The number of aliphatic hydroxyl groups is 2. The van der Waals surface area contributed by atoms with Gasteiger partial charge in [-0.2, -0.15) is 5.10 Å². The van der Waals surface area contributed by atoms with Crippen LogP contribution >= 0.6 is 22.9 Å². The van der Waals surface area contributed by atoms with Gasteiger partial charge in [-0.3, -0.25) is 4.68 Å². The minimum absolute atomic E-state index is 0.204. The summed E-state index contributed by atoms with van der Waals surface area (Å²) in [7, 11) is 0. The predicted molar refractivity (Wildman–Crippen MR) is 145 cm³/mol. The van der Waals surface area contributed by atoms with E-state index < -0.39 is 6.10 Å². The van der Waals surface area contributed by atoms with Gasteiger partial charge in [-0.25, -0.2) is 14.4 Å². The van der Waals surface area contributed by atoms with Gasteiger partial charge in [0.2, 0.25) is 0 Å². The number of anilines is 2. The highest BCUT2D eigenvalue weighted by Crippen LogP contribution is 2.45. The molecule has 11 heteroatoms. The summed E-state index contributed by atoms with van der Waals surface area (Å²) >= 11 is 8.09. The van der Waals surface area contributed by atoms with E-state index in [9.17, 15) is 14.6 Å². The first-order valence-corrected chi connectivity index (χ1v) is 13.2. The molecule has 6 rings (SSSR count). The molecule has 194 valence electrons. The third kappa shape index (κ3) is 4.83. The number of hydrogen-bond donors (Lipinski definition) is 3. The van der Waals surface area contributed by atoms with Crippen LogP contribution in [0, 0.1) is 5.82 Å². The molecule has 0 saturated carbocycles. The lowest BCUT2D eigenvalue weighted by atomic mass is 9.95. The van der Waals surface area contributed by atoms with Crippen LogP contribution in [0.2, 0.25) is 5.02 Å². The molecule has 0 aliphatic heterocycles. The number of hydrogen-bond acceptors (Lipinski definition) is 8. The van der Waals surface area contributed by atoms with Crippen molar-refractivity contribution in [3.63, 3.8) is 0 Å². The van der Waals surface area contributed by atoms with E-state index in [-0.39, 0.29) is 25.6 Å². The van der Waals surface area contributed by atoms with Crippen molar-refractivity contribution < 1.29 is 19.3 Å². The molecule has 3 aromatic heterocycles. The molecule has 3 N–H and O–H groups in total. The number of aromatic nitrogens is 4. The Morgan fingerprint density at radius 2 is 2.08 bits per heavy atom. The van der Waals surface area contributed by atoms with Gasteiger partial charge in [0.15, 0.2) is 0 Å². The Balaban J connectivity index is 1.26. The van der Waals surface area contributed by atoms with Crippen molar-refractivity contribution in [3.05, 3.63) is 82.6 Å². The number of nitrogens with one attached hydrogen (secondary N) is 1. The molecule has 1 aliphatic rings. The number of halogens is 2. The molecule has 5 aromatic rings. The highest BCUT2D eigenvalue weighted by Gasteiger charge is 2.26. The van der Waals surface area contributed by atoms with Gasteiger partial charge in [-0.1, -0.05) is 23.7 Å². The van der Waals surface area contributed by atoms with Gasteiger partial charge in [0.25, 0.3) is 0 Å². The van der Waals surface area contributed by atoms with Crippen LogP contribution in [-0.2, 0) is 26.0 Å². The smallest absolute Gasteiger partial charge is 0.142 e. The summed E-state index contributed by atoms with van der Waals surface area (Å²) in [6, 6.07) is 11.6. The molecule has 0 fully saturated rings. The van der Waals surface area contributed by atoms with Gasteiger partial charge in [-0.15, -0.1) is 11.3 Å². The molecule has 0 unspecified atom stereocenters. The highest BCUT2D eigenvalue weighted by atomic mass is 35.5. The van der Waals surface area contributed by atoms with Gasteiger partial charge >= 0.3 is 0 Å². The molecule has 8 nitrogen and oxygen atoms in total. The van der Waals surface area contributed by atoms with Crippen LogP contribution in [0.1, 0.15) is 16.8 Å². The molecule has 0 saturated heterocycles. The molecule has 0 bridgehead atoms. The zero-order valence-electron chi connectivity index (χ0n) is 20.1. The molecule has 1 atom stereocenters. The van der Waals surface area contributed by atoms with Gasteiger partial charge in [0.05, 0.1) is 35.4 Å². The third-order valence-electron chi connectivity index (χ3n) is 6.37. The standard InChI is InChI=1S/C27H23ClFN5O3S/c28-21-9-17(4-7-23(21)37-13-15-2-1-3-16(29)8-15)32-26-24-19-5-6-22-20(11-34(33-22)10-18(36)12-35)25(19)38-27(24)31-14-30-26/h1-4,7-9,11,14,18,35-36H,5-6,10,12-13H2,(H,30,31,32)/t18-/m1/s1. The first-order chi connectivity index (χ1) is 18.5. The Bertz CT molecular complexity index is 1640. The lowest BCUT2D eigenvalue weighted by molar-refractivity contribution is 0.0782. The van der Waals surface area contributed by atoms with E-state index in [0.717, 1.165) is 50.4 Å². The minimum Gasteiger partial charge on any atom is -0.487 e. The molecule has 3 heterocycles. The van der Waals surface area contributed by atoms with E-state index in [2.05, 4.69) is 20.4 Å². The fraction of sp³-hybridized carbons (Fsp3) is 0.222. The molecule has 38 heavy (non-hydrogen) atoms. The van der Waals surface area contributed by atoms with Gasteiger partial charge in [-0.05, 0) is 54.3 Å². The lowest BCUT2D eigenvalue weighted by Crippen LogP contribution is -2.20. The first kappa shape index (κ1) is 24.7. The quantitative estimate of drug-likeness (QED) is 0.246. The zero-order valence-corrected chi connectivity index (χ0v) is 21.6. The van der Waals surface area contributed by atoms with Gasteiger partial charge in [0, 0.05) is 22.3 Å². The summed E-state index contributed by atoms with van der Waals surface area (Å²) in [5.74, 6) is 0.871. The monoisotopic (exact) mass is 551 g/mol. The van der Waals surface area contributed by atoms with E-state index in [0.29, 0.717) is 22.2 Å². The summed E-state index contributed by atoms with van der Waals surface area (Å²) in [6.07, 6.45) is 4.15. The van der Waals surface area contributed by atoms with Crippen molar-refractivity contribution in [2.45, 2.75) is 32.1 Å². The number of aryl methyl sites for hydroxylation is 2. The Morgan fingerprint density at radius 3 is 2.89 bits per heavy atom. The maximum absolute atomic E-state index is 13.4. The molecule has 2 aromatic carbocycles. The van der Waals surface area contributed by atoms with Crippen LogP contribution in [0.4, 0.5) is 15.9 Å². The summed E-state index contributed by atoms with van der Waals surface area (Å²) in [4.78, 5) is 11.0. The minimum atomic E-state index is -0.857. The van der Waals surface area contributed by atoms with E-state index in [1.54, 1.807) is 40.3 Å². The van der Waals surface area contributed by atoms with Crippen molar-refractivity contribution in [2.24, 2.45) is 0 Å². The molecule has 0 spiro atoms. The number of thiophene rings is 1. The van der Waals surface area contributed by atoms with Crippen LogP contribution in [0.25, 0.3) is 20.7 Å². The number of aliphatic hydroxyl groups excluding tert-OH is 2. The average molecular weight is 552 g/mol. The van der Waals surface area contributed by atoms with Crippen molar-refractivity contribution >= 4 is 44.7 Å². The van der Waals surface area contributed by atoms with Crippen LogP contribution in [0.5, 0.6) is 5.75 Å². The molecule has 0 radical (unpaired) electrons. The van der Waals surface area contributed by atoms with Crippen molar-refractivity contribution in [1.82, 2.24) is 19.7 Å². The van der Waals surface area contributed by atoms with Gasteiger partial charge in [0.1, 0.15) is 35.1 Å². The molecule has 0 amide bonds. The Morgan fingerprint density at radius 1 is 1.18 bits per heavy atom. The Labute approximate surface area is 226 Å². The van der Waals surface area contributed by atoms with Crippen LogP contribution < -0.4 is 10.1 Å². The van der Waals surface area contributed by atoms with Crippen molar-refractivity contribution in [2.75, 3.05) is 11.9 Å². The topological polar surface area (TPSA) is 105 Å². The Kier molecular flexibility index (Phi) is 6.71. The summed E-state index contributed by atoms with van der Waals surface area (Å²) < 4.78 is 20.9. The molecule has 1 aliphatic carbocycles. The largest absolute Gasteiger partial charge is 0.487 e. The second-order valence-corrected chi connectivity index (χ2v) is 10.5. The van der Waals surface area contributed by atoms with Crippen LogP contribution in [0.15, 0.2) is 55.0 Å². The second kappa shape index (κ2) is 10.3. The number of ether oxygens (including phenoxy) is 1. The van der Waals surface area contributed by atoms with E-state index in [4.69, 9.17) is 16.3 Å². The van der Waals surface area contributed by atoms with E-state index in [1.807, 2.05) is 12.3 Å². The highest BCUT2D eigenvalue weighted by molar-refractivity contribution is 7.22. The van der Waals surface area contributed by atoms with Crippen molar-refractivity contribution in [3.8, 4) is 16.2 Å². The van der Waals surface area contributed by atoms with Crippen molar-refractivity contribution in [1.29, 1.82) is 0 Å². The number of rotatable bonds is 8. The maximum Gasteiger partial charge on any atom is 0.142 e. The number of nitrogens with zero attached hydrogens (tertiary/aromatic N) is 4. The molecular weight excluding hydrogens is 529 g/mol. The summed E-state index contributed by atoms with van der Waals surface area (Å²) in [5.41, 5.74) is 4.61. The van der Waals surface area contributed by atoms with Crippen LogP contribution in [0.3, 0.4) is 0 Å². The Hall–Kier alpha value is -3.57. The maximum atomic E-state index is 13.4. The zero-order chi connectivity index (χ0) is 26.2. The number of benzene rings is 2. The fourth-order valence-electron chi connectivity index (χ4n) is 4.61.